The van der Waals surface area contributed by atoms with Crippen LogP contribution in [0, 0.1) is 0 Å². The van der Waals surface area contributed by atoms with Crippen molar-refractivity contribution in [1.82, 2.24) is 14.7 Å². The van der Waals surface area contributed by atoms with Gasteiger partial charge in [-0.15, -0.1) is 11.3 Å². The lowest BCUT2D eigenvalue weighted by Gasteiger charge is -2.27. The third-order valence-electron chi connectivity index (χ3n) is 8.13. The first-order chi connectivity index (χ1) is 21.1. The monoisotopic (exact) mass is 581 g/mol. The third-order valence-corrected chi connectivity index (χ3v) is 9.27. The minimum atomic E-state index is -0.191. The SMILES string of the molecule is CCCCCCN1C(=O)c2cccc3c(-c4ccc(-c5cc(-c6ccccc6)n(-c6ccccc6)n5)s4)ccc(c23)C1=O. The van der Waals surface area contributed by atoms with E-state index in [1.807, 2.05) is 71.4 Å². The molecule has 0 bridgehead atoms. The van der Waals surface area contributed by atoms with Gasteiger partial charge in [0.2, 0.25) is 0 Å². The molecule has 7 rings (SSSR count). The van der Waals surface area contributed by atoms with Crippen LogP contribution in [0.1, 0.15) is 53.3 Å². The second-order valence-electron chi connectivity index (χ2n) is 10.9. The fraction of sp³-hybridized carbons (Fsp3) is 0.162. The molecule has 0 saturated heterocycles. The summed E-state index contributed by atoms with van der Waals surface area (Å²) in [7, 11) is 0. The summed E-state index contributed by atoms with van der Waals surface area (Å²) in [5.41, 5.74) is 6.24. The van der Waals surface area contributed by atoms with Crippen LogP contribution in [0.4, 0.5) is 0 Å². The molecular weight excluding hydrogens is 550 g/mol. The van der Waals surface area contributed by atoms with E-state index in [2.05, 4.69) is 49.4 Å². The summed E-state index contributed by atoms with van der Waals surface area (Å²) >= 11 is 1.67. The minimum absolute atomic E-state index is 0.191. The smallest absolute Gasteiger partial charge is 0.261 e. The molecule has 0 N–H and O–H groups in total. The van der Waals surface area contributed by atoms with Crippen LogP contribution in [0.3, 0.4) is 0 Å². The molecule has 4 aromatic carbocycles. The number of hydrogen-bond donors (Lipinski definition) is 0. The Hall–Kier alpha value is -4.81. The quantitative estimate of drug-likeness (QED) is 0.126. The van der Waals surface area contributed by atoms with Crippen molar-refractivity contribution in [3.8, 4) is 38.0 Å². The summed E-state index contributed by atoms with van der Waals surface area (Å²) < 4.78 is 2.00. The van der Waals surface area contributed by atoms with Crippen molar-refractivity contribution in [2.75, 3.05) is 6.54 Å². The lowest BCUT2D eigenvalue weighted by Crippen LogP contribution is -2.40. The highest BCUT2D eigenvalue weighted by Gasteiger charge is 2.33. The third kappa shape index (κ3) is 4.88. The van der Waals surface area contributed by atoms with Crippen LogP contribution in [0.5, 0.6) is 0 Å². The summed E-state index contributed by atoms with van der Waals surface area (Å²) in [6, 6.07) is 36.6. The second-order valence-corrected chi connectivity index (χ2v) is 12.0. The van der Waals surface area contributed by atoms with Gasteiger partial charge in [-0.3, -0.25) is 14.5 Å². The summed E-state index contributed by atoms with van der Waals surface area (Å²) in [5, 5.41) is 6.73. The maximum absolute atomic E-state index is 13.5. The summed E-state index contributed by atoms with van der Waals surface area (Å²) in [6.45, 7) is 2.62. The Bertz CT molecular complexity index is 1880. The van der Waals surface area contributed by atoms with Crippen LogP contribution >= 0.6 is 11.3 Å². The number of unbranched alkanes of at least 4 members (excludes halogenated alkanes) is 3. The molecule has 1 aliphatic rings. The van der Waals surface area contributed by atoms with E-state index in [0.717, 1.165) is 74.4 Å². The molecule has 0 unspecified atom stereocenters. The van der Waals surface area contributed by atoms with Crippen molar-refractivity contribution in [2.24, 2.45) is 0 Å². The van der Waals surface area contributed by atoms with Crippen molar-refractivity contribution >= 4 is 33.9 Å². The van der Waals surface area contributed by atoms with E-state index in [1.54, 1.807) is 11.3 Å². The zero-order chi connectivity index (χ0) is 29.3. The molecule has 0 atom stereocenters. The number of thiophene rings is 1. The van der Waals surface area contributed by atoms with Crippen LogP contribution in [0.2, 0.25) is 0 Å². The van der Waals surface area contributed by atoms with E-state index >= 15 is 0 Å². The fourth-order valence-corrected chi connectivity index (χ4v) is 6.96. The van der Waals surface area contributed by atoms with Gasteiger partial charge >= 0.3 is 0 Å². The number of nitrogens with zero attached hydrogens (tertiary/aromatic N) is 3. The van der Waals surface area contributed by atoms with E-state index < -0.39 is 0 Å². The molecule has 6 heteroatoms. The summed E-state index contributed by atoms with van der Waals surface area (Å²) in [5.74, 6) is -0.382. The van der Waals surface area contributed by atoms with Gasteiger partial charge in [-0.05, 0) is 59.8 Å². The number of benzene rings is 4. The van der Waals surface area contributed by atoms with Gasteiger partial charge in [0.15, 0.2) is 0 Å². The molecule has 0 fully saturated rings. The average Bonchev–Trinajstić information content (AvgIpc) is 3.72. The Morgan fingerprint density at radius 2 is 1.37 bits per heavy atom. The number of aromatic nitrogens is 2. The van der Waals surface area contributed by atoms with Gasteiger partial charge in [-0.25, -0.2) is 4.68 Å². The highest BCUT2D eigenvalue weighted by atomic mass is 32.1. The maximum Gasteiger partial charge on any atom is 0.261 e. The van der Waals surface area contributed by atoms with Crippen molar-refractivity contribution in [3.05, 3.63) is 120 Å². The number of imide groups is 1. The molecule has 1 aliphatic heterocycles. The zero-order valence-electron chi connectivity index (χ0n) is 24.0. The lowest BCUT2D eigenvalue weighted by atomic mass is 9.90. The fourth-order valence-electron chi connectivity index (χ4n) is 5.96. The van der Waals surface area contributed by atoms with E-state index in [-0.39, 0.29) is 11.8 Å². The number of rotatable bonds is 9. The highest BCUT2D eigenvalue weighted by Crippen LogP contribution is 2.41. The van der Waals surface area contributed by atoms with Crippen LogP contribution in [0.15, 0.2) is 109 Å². The molecule has 2 aromatic heterocycles. The number of carbonyl (C=O) groups excluding carboxylic acids is 2. The highest BCUT2D eigenvalue weighted by molar-refractivity contribution is 7.18. The summed E-state index contributed by atoms with van der Waals surface area (Å²) in [4.78, 5) is 30.5. The molecule has 0 spiro atoms. The van der Waals surface area contributed by atoms with Crippen LogP contribution in [-0.2, 0) is 0 Å². The average molecular weight is 582 g/mol. The minimum Gasteiger partial charge on any atom is -0.274 e. The Morgan fingerprint density at radius 3 is 2.14 bits per heavy atom. The predicted octanol–water partition coefficient (Wildman–Crippen LogP) is 9.26. The largest absolute Gasteiger partial charge is 0.274 e. The molecule has 2 amide bonds. The van der Waals surface area contributed by atoms with Crippen molar-refractivity contribution in [2.45, 2.75) is 32.6 Å². The standard InChI is InChI=1S/C37H31N3O2S/c1-2-3-4-11-23-39-36(41)29-18-12-17-28-27(19-20-30(35(28)29)37(39)42)33-21-22-34(43-33)31-24-32(25-13-7-5-8-14-25)40(38-31)26-15-9-6-10-16-26/h5-10,12-22,24H,2-4,11,23H2,1H3. The molecule has 43 heavy (non-hydrogen) atoms. The predicted molar refractivity (Wildman–Crippen MR) is 175 cm³/mol. The van der Waals surface area contributed by atoms with E-state index in [1.165, 1.54) is 4.90 Å². The first-order valence-electron chi connectivity index (χ1n) is 14.9. The van der Waals surface area contributed by atoms with Gasteiger partial charge in [-0.1, -0.05) is 92.9 Å². The Labute approximate surface area is 255 Å². The van der Waals surface area contributed by atoms with Crippen molar-refractivity contribution in [3.63, 3.8) is 0 Å². The van der Waals surface area contributed by atoms with E-state index in [9.17, 15) is 9.59 Å². The normalized spacial score (nSPS) is 12.8. The van der Waals surface area contributed by atoms with Crippen molar-refractivity contribution in [1.29, 1.82) is 0 Å². The molecule has 0 aliphatic carbocycles. The van der Waals surface area contributed by atoms with Gasteiger partial charge in [-0.2, -0.15) is 5.10 Å². The Kier molecular flexibility index (Phi) is 7.21. The first kappa shape index (κ1) is 27.0. The molecule has 0 saturated carbocycles. The number of para-hydroxylation sites is 1. The van der Waals surface area contributed by atoms with Crippen molar-refractivity contribution < 1.29 is 9.59 Å². The number of hydrogen-bond acceptors (Lipinski definition) is 4. The maximum atomic E-state index is 13.5. The molecule has 3 heterocycles. The van der Waals surface area contributed by atoms with E-state index in [4.69, 9.17) is 5.10 Å². The Balaban J connectivity index is 1.27. The number of amides is 2. The summed E-state index contributed by atoms with van der Waals surface area (Å²) in [6.07, 6.45) is 4.06. The molecule has 6 aromatic rings. The molecular formula is C37H31N3O2S. The van der Waals surface area contributed by atoms with Crippen LogP contribution in [0.25, 0.3) is 48.7 Å². The van der Waals surface area contributed by atoms with Gasteiger partial charge in [0, 0.05) is 33.5 Å². The van der Waals surface area contributed by atoms with Gasteiger partial charge in [0.1, 0.15) is 5.69 Å². The molecule has 0 radical (unpaired) electrons. The molecule has 5 nitrogen and oxygen atoms in total. The van der Waals surface area contributed by atoms with Gasteiger partial charge < -0.3 is 0 Å². The Morgan fingerprint density at radius 1 is 0.674 bits per heavy atom. The second kappa shape index (κ2) is 11.5. The topological polar surface area (TPSA) is 55.2 Å². The van der Waals surface area contributed by atoms with Gasteiger partial charge in [0.25, 0.3) is 11.8 Å². The number of carbonyl (C=O) groups is 2. The zero-order valence-corrected chi connectivity index (χ0v) is 24.8. The van der Waals surface area contributed by atoms with Gasteiger partial charge in [0.05, 0.1) is 16.3 Å². The lowest BCUT2D eigenvalue weighted by molar-refractivity contribution is 0.0608. The van der Waals surface area contributed by atoms with Crippen LogP contribution in [-0.4, -0.2) is 33.0 Å². The molecule has 212 valence electrons. The van der Waals surface area contributed by atoms with E-state index in [0.29, 0.717) is 17.7 Å². The van der Waals surface area contributed by atoms with Crippen LogP contribution < -0.4 is 0 Å². The first-order valence-corrected chi connectivity index (χ1v) is 15.7.